The van der Waals surface area contributed by atoms with Crippen molar-refractivity contribution < 1.29 is 13.6 Å². The van der Waals surface area contributed by atoms with Gasteiger partial charge in [0.05, 0.1) is 0 Å². The highest BCUT2D eigenvalue weighted by Crippen LogP contribution is 2.11. The summed E-state index contributed by atoms with van der Waals surface area (Å²) in [6.45, 7) is 1.13. The number of hydrogen-bond donors (Lipinski definition) is 2. The summed E-state index contributed by atoms with van der Waals surface area (Å²) in [5, 5.41) is 2.74. The number of carbonyl (C=O) groups is 1. The van der Waals surface area contributed by atoms with Crippen molar-refractivity contribution >= 4 is 18.3 Å². The Labute approximate surface area is 118 Å². The highest BCUT2D eigenvalue weighted by molar-refractivity contribution is 5.85. The molecule has 1 amide bonds. The fourth-order valence-electron chi connectivity index (χ4n) is 1.57. The zero-order valence-corrected chi connectivity index (χ0v) is 11.4. The molecule has 1 aromatic rings. The van der Waals surface area contributed by atoms with Crippen molar-refractivity contribution in [2.24, 2.45) is 5.73 Å². The van der Waals surface area contributed by atoms with Crippen LogP contribution in [0.2, 0.25) is 0 Å². The molecule has 0 atom stereocenters. The molecule has 19 heavy (non-hydrogen) atoms. The number of benzene rings is 1. The van der Waals surface area contributed by atoms with Gasteiger partial charge in [0.1, 0.15) is 0 Å². The van der Waals surface area contributed by atoms with E-state index in [4.69, 9.17) is 5.73 Å². The molecular formula is C13H19ClF2N2O. The Balaban J connectivity index is 0.00000324. The van der Waals surface area contributed by atoms with E-state index < -0.39 is 11.6 Å². The lowest BCUT2D eigenvalue weighted by Gasteiger charge is -2.04. The molecule has 0 unspecified atom stereocenters. The van der Waals surface area contributed by atoms with Crippen LogP contribution in [0.3, 0.4) is 0 Å². The van der Waals surface area contributed by atoms with Crippen LogP contribution < -0.4 is 11.1 Å². The molecule has 0 aliphatic heterocycles. The van der Waals surface area contributed by atoms with Crippen LogP contribution in [0.4, 0.5) is 8.78 Å². The summed E-state index contributed by atoms with van der Waals surface area (Å²) < 4.78 is 25.6. The molecule has 108 valence electrons. The number of amides is 1. The smallest absolute Gasteiger partial charge is 0.220 e. The molecule has 0 aliphatic rings. The Bertz CT molecular complexity index is 402. The molecule has 3 nitrogen and oxygen atoms in total. The zero-order valence-electron chi connectivity index (χ0n) is 10.6. The maximum Gasteiger partial charge on any atom is 0.220 e. The number of aryl methyl sites for hydroxylation is 1. The van der Waals surface area contributed by atoms with Crippen molar-refractivity contribution in [2.45, 2.75) is 25.7 Å². The molecule has 0 saturated heterocycles. The Morgan fingerprint density at radius 1 is 1.21 bits per heavy atom. The van der Waals surface area contributed by atoms with Gasteiger partial charge in [-0.15, -0.1) is 12.4 Å². The van der Waals surface area contributed by atoms with Gasteiger partial charge < -0.3 is 11.1 Å². The Morgan fingerprint density at radius 2 is 1.95 bits per heavy atom. The van der Waals surface area contributed by atoms with E-state index >= 15 is 0 Å². The van der Waals surface area contributed by atoms with Crippen molar-refractivity contribution in [1.29, 1.82) is 0 Å². The van der Waals surface area contributed by atoms with Crippen LogP contribution in [0.5, 0.6) is 0 Å². The van der Waals surface area contributed by atoms with Gasteiger partial charge in [-0.1, -0.05) is 6.07 Å². The van der Waals surface area contributed by atoms with Crippen molar-refractivity contribution in [3.8, 4) is 0 Å². The minimum atomic E-state index is -0.849. The van der Waals surface area contributed by atoms with Gasteiger partial charge in [0.2, 0.25) is 5.91 Å². The SMILES string of the molecule is Cl.NCCCNC(=O)CCCc1ccc(F)c(F)c1. The van der Waals surface area contributed by atoms with Crippen LogP contribution in [-0.4, -0.2) is 19.0 Å². The molecule has 1 rings (SSSR count). The third-order valence-corrected chi connectivity index (χ3v) is 2.56. The minimum absolute atomic E-state index is 0. The predicted octanol–water partition coefficient (Wildman–Crippen LogP) is 2.17. The van der Waals surface area contributed by atoms with Gasteiger partial charge >= 0.3 is 0 Å². The second-order valence-corrected chi connectivity index (χ2v) is 4.09. The summed E-state index contributed by atoms with van der Waals surface area (Å²) in [5.74, 6) is -1.73. The lowest BCUT2D eigenvalue weighted by molar-refractivity contribution is -0.121. The molecule has 0 fully saturated rings. The number of nitrogens with one attached hydrogen (secondary N) is 1. The van der Waals surface area contributed by atoms with E-state index in [0.29, 0.717) is 37.9 Å². The summed E-state index contributed by atoms with van der Waals surface area (Å²) in [4.78, 5) is 11.3. The third-order valence-electron chi connectivity index (χ3n) is 2.56. The maximum absolute atomic E-state index is 12.9. The van der Waals surface area contributed by atoms with Gasteiger partial charge in [0.15, 0.2) is 11.6 Å². The van der Waals surface area contributed by atoms with Gasteiger partial charge in [0.25, 0.3) is 0 Å². The molecule has 0 saturated carbocycles. The third kappa shape index (κ3) is 7.08. The van der Waals surface area contributed by atoms with Gasteiger partial charge in [-0.25, -0.2) is 8.78 Å². The van der Waals surface area contributed by atoms with Crippen LogP contribution in [0.15, 0.2) is 18.2 Å². The fourth-order valence-corrected chi connectivity index (χ4v) is 1.57. The average Bonchev–Trinajstić information content (AvgIpc) is 2.34. The summed E-state index contributed by atoms with van der Waals surface area (Å²) in [6.07, 6.45) is 2.31. The largest absolute Gasteiger partial charge is 0.356 e. The number of rotatable bonds is 7. The number of hydrogen-bond acceptors (Lipinski definition) is 2. The maximum atomic E-state index is 12.9. The highest BCUT2D eigenvalue weighted by Gasteiger charge is 2.04. The molecule has 0 spiro atoms. The van der Waals surface area contributed by atoms with E-state index in [1.165, 1.54) is 12.1 Å². The second kappa shape index (κ2) is 9.69. The molecule has 3 N–H and O–H groups in total. The summed E-state index contributed by atoms with van der Waals surface area (Å²) in [5.41, 5.74) is 6.00. The van der Waals surface area contributed by atoms with Crippen LogP contribution >= 0.6 is 12.4 Å². The van der Waals surface area contributed by atoms with Gasteiger partial charge in [-0.05, 0) is 43.5 Å². The minimum Gasteiger partial charge on any atom is -0.356 e. The highest BCUT2D eigenvalue weighted by atomic mass is 35.5. The van der Waals surface area contributed by atoms with Crippen molar-refractivity contribution in [1.82, 2.24) is 5.32 Å². The van der Waals surface area contributed by atoms with E-state index in [9.17, 15) is 13.6 Å². The molecule has 0 aromatic heterocycles. The standard InChI is InChI=1S/C13H18F2N2O.ClH/c14-11-6-5-10(9-12(11)15)3-1-4-13(18)17-8-2-7-16;/h5-6,9H,1-4,7-8,16H2,(H,17,18);1H. The Kier molecular flexibility index (Phi) is 9.08. The van der Waals surface area contributed by atoms with Gasteiger partial charge in [-0.2, -0.15) is 0 Å². The van der Waals surface area contributed by atoms with Crippen LogP contribution in [0.25, 0.3) is 0 Å². The van der Waals surface area contributed by atoms with Crippen LogP contribution in [-0.2, 0) is 11.2 Å². The molecule has 6 heteroatoms. The van der Waals surface area contributed by atoms with Crippen molar-refractivity contribution in [3.63, 3.8) is 0 Å². The second-order valence-electron chi connectivity index (χ2n) is 4.09. The molecule has 0 radical (unpaired) electrons. The van der Waals surface area contributed by atoms with E-state index in [1.807, 2.05) is 0 Å². The van der Waals surface area contributed by atoms with E-state index in [-0.39, 0.29) is 18.3 Å². The Hall–Kier alpha value is -1.20. The van der Waals surface area contributed by atoms with Gasteiger partial charge in [-0.3, -0.25) is 4.79 Å². The predicted molar refractivity (Wildman–Crippen MR) is 73.2 cm³/mol. The molecular weight excluding hydrogens is 274 g/mol. The van der Waals surface area contributed by atoms with Crippen molar-refractivity contribution in [3.05, 3.63) is 35.4 Å². The first-order chi connectivity index (χ1) is 8.63. The normalized spacial score (nSPS) is 9.84. The van der Waals surface area contributed by atoms with Gasteiger partial charge in [0, 0.05) is 13.0 Å². The van der Waals surface area contributed by atoms with Crippen LogP contribution in [0.1, 0.15) is 24.8 Å². The fraction of sp³-hybridized carbons (Fsp3) is 0.462. The summed E-state index contributed by atoms with van der Waals surface area (Å²) in [7, 11) is 0. The lowest BCUT2D eigenvalue weighted by atomic mass is 10.1. The van der Waals surface area contributed by atoms with E-state index in [2.05, 4.69) is 5.32 Å². The topological polar surface area (TPSA) is 55.1 Å². The van der Waals surface area contributed by atoms with Crippen molar-refractivity contribution in [2.75, 3.05) is 13.1 Å². The number of carbonyl (C=O) groups excluding carboxylic acids is 1. The molecule has 1 aromatic carbocycles. The lowest BCUT2D eigenvalue weighted by Crippen LogP contribution is -2.25. The first kappa shape index (κ1) is 17.8. The Morgan fingerprint density at radius 3 is 2.58 bits per heavy atom. The van der Waals surface area contributed by atoms with E-state index in [1.54, 1.807) is 0 Å². The zero-order chi connectivity index (χ0) is 13.4. The quantitative estimate of drug-likeness (QED) is 0.757. The molecule has 0 aliphatic carbocycles. The molecule has 0 heterocycles. The first-order valence-electron chi connectivity index (χ1n) is 6.04. The summed E-state index contributed by atoms with van der Waals surface area (Å²) >= 11 is 0. The van der Waals surface area contributed by atoms with E-state index in [0.717, 1.165) is 12.5 Å². The monoisotopic (exact) mass is 292 g/mol. The average molecular weight is 293 g/mol. The first-order valence-corrected chi connectivity index (χ1v) is 6.04. The number of nitrogens with two attached hydrogens (primary N) is 1. The summed E-state index contributed by atoms with van der Waals surface area (Å²) in [6, 6.07) is 3.80. The van der Waals surface area contributed by atoms with Crippen LogP contribution in [0, 0.1) is 11.6 Å². The number of halogens is 3. The molecule has 0 bridgehead atoms.